The summed E-state index contributed by atoms with van der Waals surface area (Å²) >= 11 is 0. The number of primary amides is 1. The van der Waals surface area contributed by atoms with Crippen LogP contribution in [0.5, 0.6) is 0 Å². The average molecular weight is 273 g/mol. The van der Waals surface area contributed by atoms with Gasteiger partial charge in [0.1, 0.15) is 0 Å². The first-order valence-corrected chi connectivity index (χ1v) is 6.12. The van der Waals surface area contributed by atoms with Crippen molar-refractivity contribution < 1.29 is 14.7 Å². The van der Waals surface area contributed by atoms with E-state index in [-0.39, 0.29) is 19.6 Å². The van der Waals surface area contributed by atoms with Crippen molar-refractivity contribution in [3.63, 3.8) is 0 Å². The van der Waals surface area contributed by atoms with Crippen LogP contribution in [0.3, 0.4) is 0 Å². The number of aromatic nitrogens is 1. The molecule has 0 aliphatic carbocycles. The number of benzene rings is 1. The summed E-state index contributed by atoms with van der Waals surface area (Å²) in [4.78, 5) is 27.6. The molecular weight excluding hydrogens is 258 g/mol. The molecule has 0 spiro atoms. The van der Waals surface area contributed by atoms with E-state index >= 15 is 0 Å². The Morgan fingerprint density at radius 1 is 1.15 bits per heavy atom. The number of para-hydroxylation sites is 1. The van der Waals surface area contributed by atoms with Gasteiger partial charge in [-0.25, -0.2) is 0 Å². The quantitative estimate of drug-likeness (QED) is 0.803. The van der Waals surface area contributed by atoms with Crippen LogP contribution in [0.15, 0.2) is 36.4 Å². The summed E-state index contributed by atoms with van der Waals surface area (Å²) in [5.41, 5.74) is 6.65. The Morgan fingerprint density at radius 2 is 1.90 bits per heavy atom. The molecule has 0 radical (unpaired) electrons. The molecule has 0 bridgehead atoms. The molecule has 0 aliphatic rings. The fourth-order valence-electron chi connectivity index (χ4n) is 2.00. The van der Waals surface area contributed by atoms with Gasteiger partial charge in [-0.05, 0) is 12.1 Å². The second kappa shape index (κ2) is 6.12. The maximum Gasteiger partial charge on any atom is 0.317 e. The molecule has 104 valence electrons. The lowest BCUT2D eigenvalue weighted by molar-refractivity contribution is -0.138. The number of hydrogen-bond donors (Lipinski definition) is 2. The molecule has 6 heteroatoms. The molecule has 1 aromatic carbocycles. The SMILES string of the molecule is NC(=O)CN(CC(=O)O)Cc1ccc2ccccc2n1. The van der Waals surface area contributed by atoms with Crippen LogP contribution >= 0.6 is 0 Å². The summed E-state index contributed by atoms with van der Waals surface area (Å²) in [7, 11) is 0. The number of carboxylic acid groups (broad SMARTS) is 1. The fraction of sp³-hybridized carbons (Fsp3) is 0.214. The van der Waals surface area contributed by atoms with E-state index in [9.17, 15) is 9.59 Å². The van der Waals surface area contributed by atoms with Crippen LogP contribution in [0.1, 0.15) is 5.69 Å². The number of rotatable bonds is 6. The Kier molecular flexibility index (Phi) is 4.27. The highest BCUT2D eigenvalue weighted by Crippen LogP contribution is 2.12. The van der Waals surface area contributed by atoms with Gasteiger partial charge in [-0.3, -0.25) is 19.5 Å². The molecule has 3 N–H and O–H groups in total. The zero-order valence-electron chi connectivity index (χ0n) is 10.8. The molecule has 6 nitrogen and oxygen atoms in total. The summed E-state index contributed by atoms with van der Waals surface area (Å²) in [6.07, 6.45) is 0. The normalized spacial score (nSPS) is 10.8. The highest BCUT2D eigenvalue weighted by atomic mass is 16.4. The van der Waals surface area contributed by atoms with E-state index < -0.39 is 11.9 Å². The van der Waals surface area contributed by atoms with Gasteiger partial charge in [-0.1, -0.05) is 24.3 Å². The molecule has 1 heterocycles. The third-order valence-electron chi connectivity index (χ3n) is 2.78. The zero-order chi connectivity index (χ0) is 14.5. The topological polar surface area (TPSA) is 96.5 Å². The van der Waals surface area contributed by atoms with Gasteiger partial charge in [0.25, 0.3) is 0 Å². The van der Waals surface area contributed by atoms with Crippen molar-refractivity contribution in [1.29, 1.82) is 0 Å². The second-order valence-electron chi connectivity index (χ2n) is 4.50. The van der Waals surface area contributed by atoms with Crippen molar-refractivity contribution in [2.75, 3.05) is 13.1 Å². The lowest BCUT2D eigenvalue weighted by atomic mass is 10.2. The number of carbonyl (C=O) groups excluding carboxylic acids is 1. The molecule has 0 saturated carbocycles. The van der Waals surface area contributed by atoms with Gasteiger partial charge in [0.15, 0.2) is 0 Å². The van der Waals surface area contributed by atoms with E-state index in [4.69, 9.17) is 10.8 Å². The molecule has 0 fully saturated rings. The molecule has 1 amide bonds. The minimum absolute atomic E-state index is 0.110. The first kappa shape index (κ1) is 14.0. The number of nitrogens with two attached hydrogens (primary N) is 1. The summed E-state index contributed by atoms with van der Waals surface area (Å²) < 4.78 is 0. The number of carbonyl (C=O) groups is 2. The van der Waals surface area contributed by atoms with E-state index in [0.717, 1.165) is 10.9 Å². The van der Waals surface area contributed by atoms with Crippen LogP contribution in [-0.2, 0) is 16.1 Å². The van der Waals surface area contributed by atoms with E-state index in [1.165, 1.54) is 4.90 Å². The molecule has 2 rings (SSSR count). The molecule has 20 heavy (non-hydrogen) atoms. The summed E-state index contributed by atoms with van der Waals surface area (Å²) in [5.74, 6) is -1.57. The predicted octanol–water partition coefficient (Wildman–Crippen LogP) is 0.607. The lowest BCUT2D eigenvalue weighted by Gasteiger charge is -2.18. The molecule has 0 saturated heterocycles. The van der Waals surface area contributed by atoms with Crippen molar-refractivity contribution in [1.82, 2.24) is 9.88 Å². The third-order valence-corrected chi connectivity index (χ3v) is 2.78. The molecule has 1 aromatic heterocycles. The Labute approximate surface area is 115 Å². The second-order valence-corrected chi connectivity index (χ2v) is 4.50. The standard InChI is InChI=1S/C14H15N3O3/c15-13(18)8-17(9-14(19)20)7-11-6-5-10-3-1-2-4-12(10)16-11/h1-6H,7-9H2,(H2,15,18)(H,19,20). The van der Waals surface area contributed by atoms with Gasteiger partial charge >= 0.3 is 5.97 Å². The van der Waals surface area contributed by atoms with Gasteiger partial charge in [-0.2, -0.15) is 0 Å². The van der Waals surface area contributed by atoms with E-state index in [2.05, 4.69) is 4.98 Å². The van der Waals surface area contributed by atoms with Gasteiger partial charge in [0, 0.05) is 11.9 Å². The van der Waals surface area contributed by atoms with Gasteiger partial charge < -0.3 is 10.8 Å². The number of carboxylic acids is 1. The van der Waals surface area contributed by atoms with Crippen LogP contribution in [-0.4, -0.2) is 40.0 Å². The molecule has 0 atom stereocenters. The van der Waals surface area contributed by atoms with Crippen molar-refractivity contribution >= 4 is 22.8 Å². The number of aliphatic carboxylic acids is 1. The first-order chi connectivity index (χ1) is 9.54. The molecule has 2 aromatic rings. The number of pyridine rings is 1. The summed E-state index contributed by atoms with van der Waals surface area (Å²) in [6.45, 7) is -0.0989. The monoisotopic (exact) mass is 273 g/mol. The van der Waals surface area contributed by atoms with Crippen molar-refractivity contribution in [3.05, 3.63) is 42.1 Å². The average Bonchev–Trinajstić information content (AvgIpc) is 2.37. The Hall–Kier alpha value is -2.47. The lowest BCUT2D eigenvalue weighted by Crippen LogP contribution is -2.37. The Bertz CT molecular complexity index is 626. The van der Waals surface area contributed by atoms with Crippen LogP contribution in [0.2, 0.25) is 0 Å². The Balaban J connectivity index is 2.18. The van der Waals surface area contributed by atoms with Crippen LogP contribution < -0.4 is 5.73 Å². The highest BCUT2D eigenvalue weighted by molar-refractivity contribution is 5.78. The molecule has 0 unspecified atom stereocenters. The molecule has 0 aliphatic heterocycles. The van der Waals surface area contributed by atoms with Crippen molar-refractivity contribution in [3.8, 4) is 0 Å². The van der Waals surface area contributed by atoms with Crippen LogP contribution in [0.25, 0.3) is 10.9 Å². The number of fused-ring (bicyclic) bond motifs is 1. The van der Waals surface area contributed by atoms with Crippen molar-refractivity contribution in [2.45, 2.75) is 6.54 Å². The van der Waals surface area contributed by atoms with Gasteiger partial charge in [0.2, 0.25) is 5.91 Å². The fourth-order valence-corrected chi connectivity index (χ4v) is 2.00. The largest absolute Gasteiger partial charge is 0.480 e. The van der Waals surface area contributed by atoms with Gasteiger partial charge in [-0.15, -0.1) is 0 Å². The number of amides is 1. The number of hydrogen-bond acceptors (Lipinski definition) is 4. The van der Waals surface area contributed by atoms with Crippen LogP contribution in [0.4, 0.5) is 0 Å². The smallest absolute Gasteiger partial charge is 0.317 e. The summed E-state index contributed by atoms with van der Waals surface area (Å²) in [5, 5.41) is 9.84. The third kappa shape index (κ3) is 3.76. The Morgan fingerprint density at radius 3 is 2.60 bits per heavy atom. The first-order valence-electron chi connectivity index (χ1n) is 6.12. The molecular formula is C14H15N3O3. The predicted molar refractivity (Wildman–Crippen MR) is 73.9 cm³/mol. The summed E-state index contributed by atoms with van der Waals surface area (Å²) in [6, 6.07) is 11.4. The minimum Gasteiger partial charge on any atom is -0.480 e. The van der Waals surface area contributed by atoms with Gasteiger partial charge in [0.05, 0.1) is 24.3 Å². The maximum atomic E-state index is 11.0. The number of nitrogens with zero attached hydrogens (tertiary/aromatic N) is 2. The zero-order valence-corrected chi connectivity index (χ0v) is 10.8. The highest BCUT2D eigenvalue weighted by Gasteiger charge is 2.13. The van der Waals surface area contributed by atoms with E-state index in [0.29, 0.717) is 5.69 Å². The van der Waals surface area contributed by atoms with E-state index in [1.54, 1.807) is 0 Å². The van der Waals surface area contributed by atoms with Crippen molar-refractivity contribution in [2.24, 2.45) is 5.73 Å². The van der Waals surface area contributed by atoms with E-state index in [1.807, 2.05) is 36.4 Å². The minimum atomic E-state index is -1.01. The maximum absolute atomic E-state index is 11.0. The van der Waals surface area contributed by atoms with Crippen LogP contribution in [0, 0.1) is 0 Å².